The Morgan fingerprint density at radius 1 is 1.32 bits per heavy atom. The first kappa shape index (κ1) is 16.7. The second-order valence-corrected chi connectivity index (χ2v) is 7.83. The SMILES string of the molecule is COc1ccc(CSc2nnc(C3CC3)n2Cc2ccco2)cc1Br. The van der Waals surface area contributed by atoms with Crippen LogP contribution in [0.15, 0.2) is 50.6 Å². The van der Waals surface area contributed by atoms with E-state index in [9.17, 15) is 0 Å². The molecule has 0 radical (unpaired) electrons. The fraction of sp³-hybridized carbons (Fsp3) is 0.333. The van der Waals surface area contributed by atoms with E-state index in [1.807, 2.05) is 18.2 Å². The van der Waals surface area contributed by atoms with Crippen molar-refractivity contribution in [2.45, 2.75) is 36.2 Å². The smallest absolute Gasteiger partial charge is 0.191 e. The summed E-state index contributed by atoms with van der Waals surface area (Å²) in [5, 5.41) is 9.80. The van der Waals surface area contributed by atoms with Crippen LogP contribution in [0.2, 0.25) is 0 Å². The van der Waals surface area contributed by atoms with E-state index in [-0.39, 0.29) is 0 Å². The van der Waals surface area contributed by atoms with Crippen molar-refractivity contribution in [1.82, 2.24) is 14.8 Å². The van der Waals surface area contributed by atoms with Crippen molar-refractivity contribution < 1.29 is 9.15 Å². The van der Waals surface area contributed by atoms with Crippen molar-refractivity contribution in [2.75, 3.05) is 7.11 Å². The summed E-state index contributed by atoms with van der Waals surface area (Å²) in [5.74, 6) is 4.21. The van der Waals surface area contributed by atoms with Gasteiger partial charge in [-0.3, -0.25) is 4.57 Å². The third-order valence-corrected chi connectivity index (χ3v) is 5.82. The number of furan rings is 1. The molecule has 7 heteroatoms. The number of benzene rings is 1. The summed E-state index contributed by atoms with van der Waals surface area (Å²) in [6.45, 7) is 0.681. The highest BCUT2D eigenvalue weighted by Crippen LogP contribution is 2.40. The second-order valence-electron chi connectivity index (χ2n) is 6.04. The third-order valence-electron chi connectivity index (χ3n) is 4.17. The predicted molar refractivity (Wildman–Crippen MR) is 100 cm³/mol. The molecule has 0 bridgehead atoms. The number of halogens is 1. The molecule has 3 aromatic rings. The lowest BCUT2D eigenvalue weighted by molar-refractivity contribution is 0.412. The number of thioether (sulfide) groups is 1. The van der Waals surface area contributed by atoms with E-state index in [0.29, 0.717) is 12.5 Å². The second kappa shape index (κ2) is 7.25. The van der Waals surface area contributed by atoms with Crippen LogP contribution < -0.4 is 4.74 Å². The summed E-state index contributed by atoms with van der Waals surface area (Å²) >= 11 is 5.24. The molecule has 1 aromatic carbocycles. The van der Waals surface area contributed by atoms with E-state index in [4.69, 9.17) is 9.15 Å². The molecule has 2 heterocycles. The Balaban J connectivity index is 1.53. The zero-order valence-electron chi connectivity index (χ0n) is 13.8. The molecule has 4 rings (SSSR count). The summed E-state index contributed by atoms with van der Waals surface area (Å²) in [6, 6.07) is 10.0. The van der Waals surface area contributed by atoms with Gasteiger partial charge < -0.3 is 9.15 Å². The Labute approximate surface area is 158 Å². The first-order valence-electron chi connectivity index (χ1n) is 8.15. The van der Waals surface area contributed by atoms with Crippen LogP contribution in [0.5, 0.6) is 5.75 Å². The van der Waals surface area contributed by atoms with Gasteiger partial charge in [-0.05, 0) is 58.6 Å². The topological polar surface area (TPSA) is 53.1 Å². The molecule has 1 saturated carbocycles. The molecule has 1 aliphatic rings. The van der Waals surface area contributed by atoms with Gasteiger partial charge in [-0.2, -0.15) is 0 Å². The highest BCUT2D eigenvalue weighted by atomic mass is 79.9. The molecule has 0 atom stereocenters. The summed E-state index contributed by atoms with van der Waals surface area (Å²) in [6.07, 6.45) is 4.11. The molecular formula is C18H18BrN3O2S. The van der Waals surface area contributed by atoms with E-state index in [1.165, 1.54) is 18.4 Å². The Morgan fingerprint density at radius 3 is 2.88 bits per heavy atom. The fourth-order valence-electron chi connectivity index (χ4n) is 2.70. The first-order valence-corrected chi connectivity index (χ1v) is 9.93. The fourth-order valence-corrected chi connectivity index (χ4v) is 4.18. The van der Waals surface area contributed by atoms with E-state index in [1.54, 1.807) is 25.1 Å². The highest BCUT2D eigenvalue weighted by Gasteiger charge is 2.30. The van der Waals surface area contributed by atoms with Crippen molar-refractivity contribution in [3.8, 4) is 5.75 Å². The van der Waals surface area contributed by atoms with Crippen LogP contribution in [0.1, 0.15) is 35.9 Å². The summed E-state index contributed by atoms with van der Waals surface area (Å²) in [4.78, 5) is 0. The molecular weight excluding hydrogens is 402 g/mol. The monoisotopic (exact) mass is 419 g/mol. The van der Waals surface area contributed by atoms with E-state index in [0.717, 1.165) is 32.7 Å². The number of methoxy groups -OCH3 is 1. The minimum atomic E-state index is 0.548. The predicted octanol–water partition coefficient (Wildman–Crippen LogP) is 4.86. The molecule has 5 nitrogen and oxygen atoms in total. The molecule has 0 unspecified atom stereocenters. The average molecular weight is 420 g/mol. The lowest BCUT2D eigenvalue weighted by Gasteiger charge is -2.09. The van der Waals surface area contributed by atoms with Crippen molar-refractivity contribution in [3.63, 3.8) is 0 Å². The molecule has 0 spiro atoms. The van der Waals surface area contributed by atoms with Gasteiger partial charge in [0.15, 0.2) is 5.16 Å². The largest absolute Gasteiger partial charge is 0.496 e. The first-order chi connectivity index (χ1) is 12.2. The van der Waals surface area contributed by atoms with Gasteiger partial charge in [-0.1, -0.05) is 17.8 Å². The quantitative estimate of drug-likeness (QED) is 0.511. The van der Waals surface area contributed by atoms with Crippen LogP contribution in [0, 0.1) is 0 Å². The molecule has 0 aliphatic heterocycles. The standard InChI is InChI=1S/C18H18BrN3O2S/c1-23-16-7-4-12(9-15(16)19)11-25-18-21-20-17(13-5-6-13)22(18)10-14-3-2-8-24-14/h2-4,7-9,13H,5-6,10-11H2,1H3. The number of ether oxygens (including phenoxy) is 1. The van der Waals surface area contributed by atoms with Gasteiger partial charge in [0.05, 0.1) is 24.4 Å². The van der Waals surface area contributed by atoms with E-state index >= 15 is 0 Å². The van der Waals surface area contributed by atoms with Crippen LogP contribution >= 0.6 is 27.7 Å². The third kappa shape index (κ3) is 3.77. The van der Waals surface area contributed by atoms with Gasteiger partial charge in [0, 0.05) is 11.7 Å². The van der Waals surface area contributed by atoms with Gasteiger partial charge >= 0.3 is 0 Å². The maximum Gasteiger partial charge on any atom is 0.191 e. The Morgan fingerprint density at radius 2 is 2.20 bits per heavy atom. The van der Waals surface area contributed by atoms with Crippen LogP contribution in [-0.4, -0.2) is 21.9 Å². The van der Waals surface area contributed by atoms with Crippen LogP contribution in [0.4, 0.5) is 0 Å². The van der Waals surface area contributed by atoms with Gasteiger partial charge in [-0.25, -0.2) is 0 Å². The van der Waals surface area contributed by atoms with Crippen molar-refractivity contribution in [3.05, 3.63) is 58.2 Å². The Kier molecular flexibility index (Phi) is 4.85. The van der Waals surface area contributed by atoms with E-state index in [2.05, 4.69) is 42.8 Å². The number of aromatic nitrogens is 3. The number of hydrogen-bond donors (Lipinski definition) is 0. The molecule has 0 saturated heterocycles. The number of nitrogens with zero attached hydrogens (tertiary/aromatic N) is 3. The van der Waals surface area contributed by atoms with E-state index < -0.39 is 0 Å². The lowest BCUT2D eigenvalue weighted by atomic mass is 10.2. The molecule has 25 heavy (non-hydrogen) atoms. The summed E-state index contributed by atoms with van der Waals surface area (Å²) < 4.78 is 14.0. The van der Waals surface area contributed by atoms with Gasteiger partial charge in [0.25, 0.3) is 0 Å². The minimum absolute atomic E-state index is 0.548. The zero-order valence-corrected chi connectivity index (χ0v) is 16.2. The summed E-state index contributed by atoms with van der Waals surface area (Å²) in [7, 11) is 1.67. The average Bonchev–Trinajstić information content (AvgIpc) is 3.18. The number of hydrogen-bond acceptors (Lipinski definition) is 5. The van der Waals surface area contributed by atoms with Crippen molar-refractivity contribution in [2.24, 2.45) is 0 Å². The van der Waals surface area contributed by atoms with Gasteiger partial charge in [0.2, 0.25) is 0 Å². The summed E-state index contributed by atoms with van der Waals surface area (Å²) in [5.41, 5.74) is 1.21. The Hall–Kier alpha value is -1.73. The normalized spacial score (nSPS) is 14.0. The maximum atomic E-state index is 5.52. The van der Waals surface area contributed by atoms with Gasteiger partial charge in [0.1, 0.15) is 17.3 Å². The molecule has 1 aliphatic carbocycles. The van der Waals surface area contributed by atoms with Crippen molar-refractivity contribution in [1.29, 1.82) is 0 Å². The lowest BCUT2D eigenvalue weighted by Crippen LogP contribution is -2.05. The molecule has 0 N–H and O–H groups in total. The van der Waals surface area contributed by atoms with Crippen LogP contribution in [0.3, 0.4) is 0 Å². The van der Waals surface area contributed by atoms with Crippen LogP contribution in [0.25, 0.3) is 0 Å². The Bertz CT molecular complexity index is 859. The van der Waals surface area contributed by atoms with Gasteiger partial charge in [-0.15, -0.1) is 10.2 Å². The molecule has 2 aromatic heterocycles. The minimum Gasteiger partial charge on any atom is -0.496 e. The molecule has 0 amide bonds. The molecule has 130 valence electrons. The highest BCUT2D eigenvalue weighted by molar-refractivity contribution is 9.10. The van der Waals surface area contributed by atoms with Crippen LogP contribution in [-0.2, 0) is 12.3 Å². The maximum absolute atomic E-state index is 5.52. The number of rotatable bonds is 7. The molecule has 1 fully saturated rings. The van der Waals surface area contributed by atoms with Crippen molar-refractivity contribution >= 4 is 27.7 Å². The zero-order chi connectivity index (χ0) is 17.2.